The number of aryl methyl sites for hydroxylation is 1. The maximum Gasteiger partial charge on any atom is 0.187 e. The number of hydrogen-bond donors (Lipinski definition) is 0. The van der Waals surface area contributed by atoms with Gasteiger partial charge in [0.25, 0.3) is 0 Å². The Morgan fingerprint density at radius 1 is 1.36 bits per heavy atom. The van der Waals surface area contributed by atoms with Gasteiger partial charge < -0.3 is 0 Å². The van der Waals surface area contributed by atoms with Crippen molar-refractivity contribution in [1.82, 2.24) is 0 Å². The van der Waals surface area contributed by atoms with Gasteiger partial charge in [-0.2, -0.15) is 0 Å². The van der Waals surface area contributed by atoms with E-state index in [0.29, 0.717) is 5.56 Å². The van der Waals surface area contributed by atoms with Gasteiger partial charge in [0.15, 0.2) is 11.6 Å². The van der Waals surface area contributed by atoms with E-state index in [4.69, 9.17) is 0 Å². The van der Waals surface area contributed by atoms with Crippen LogP contribution in [0, 0.1) is 23.5 Å². The van der Waals surface area contributed by atoms with Crippen LogP contribution < -0.4 is 0 Å². The van der Waals surface area contributed by atoms with Crippen molar-refractivity contribution < 1.29 is 8.78 Å². The second-order valence-electron chi connectivity index (χ2n) is 2.17. The molecular weight excluding hydrogens is 152 g/mol. The molecule has 0 amide bonds. The minimum atomic E-state index is -1.19. The Morgan fingerprint density at radius 2 is 2.00 bits per heavy atom. The van der Waals surface area contributed by atoms with Crippen LogP contribution in [0.1, 0.15) is 5.56 Å². The van der Waals surface area contributed by atoms with E-state index in [0.717, 1.165) is 6.07 Å². The van der Waals surface area contributed by atoms with Gasteiger partial charge in [0.05, 0.1) is 0 Å². The zero-order valence-electron chi connectivity index (χ0n) is 5.77. The molecule has 0 atom stereocenters. The van der Waals surface area contributed by atoms with Crippen molar-refractivity contribution in [1.29, 1.82) is 0 Å². The molecule has 0 aliphatic carbocycles. The summed E-state index contributed by atoms with van der Waals surface area (Å²) in [5.74, 6) is -2.23. The lowest BCUT2D eigenvalue weighted by Gasteiger charge is -1.96. The number of nitrogens with zero attached hydrogens (tertiary/aromatic N) is 1. The molecule has 0 radical (unpaired) electrons. The summed E-state index contributed by atoms with van der Waals surface area (Å²) in [5.41, 5.74) is -0.0130. The highest BCUT2D eigenvalue weighted by atomic mass is 19.2. The molecule has 0 saturated carbocycles. The van der Waals surface area contributed by atoms with E-state index < -0.39 is 17.3 Å². The standard InChI is InChI=1S/C7H5F2NO/c1-4-2-5(8)7(9)6(3-4)10-11/h2-3H,1H3. The van der Waals surface area contributed by atoms with Gasteiger partial charge in [-0.05, 0) is 29.8 Å². The highest BCUT2D eigenvalue weighted by Gasteiger charge is 2.08. The molecule has 0 aliphatic heterocycles. The van der Waals surface area contributed by atoms with Crippen molar-refractivity contribution in [3.05, 3.63) is 34.2 Å². The zero-order valence-corrected chi connectivity index (χ0v) is 5.77. The highest BCUT2D eigenvalue weighted by Crippen LogP contribution is 2.21. The Morgan fingerprint density at radius 3 is 2.55 bits per heavy atom. The van der Waals surface area contributed by atoms with E-state index in [9.17, 15) is 13.7 Å². The molecule has 2 nitrogen and oxygen atoms in total. The molecule has 1 aromatic rings. The molecule has 0 fully saturated rings. The van der Waals surface area contributed by atoms with Gasteiger partial charge in [0.1, 0.15) is 5.69 Å². The molecule has 0 unspecified atom stereocenters. The van der Waals surface area contributed by atoms with Crippen LogP contribution in [0.5, 0.6) is 0 Å². The number of nitroso groups, excluding NO2 is 1. The van der Waals surface area contributed by atoms with E-state index in [2.05, 4.69) is 5.18 Å². The number of hydrogen-bond acceptors (Lipinski definition) is 2. The SMILES string of the molecule is Cc1cc(F)c(F)c(N=O)c1. The number of rotatable bonds is 1. The average Bonchev–Trinajstić information content (AvgIpc) is 1.96. The zero-order chi connectivity index (χ0) is 8.43. The monoisotopic (exact) mass is 157 g/mol. The molecular formula is C7H5F2NO. The minimum absolute atomic E-state index is 0.471. The predicted octanol–water partition coefficient (Wildman–Crippen LogP) is 2.67. The number of benzene rings is 1. The minimum Gasteiger partial charge on any atom is -0.204 e. The Hall–Kier alpha value is -1.32. The molecule has 0 bridgehead atoms. The fraction of sp³-hybridized carbons (Fsp3) is 0.143. The van der Waals surface area contributed by atoms with Crippen LogP contribution in [0.4, 0.5) is 14.5 Å². The molecule has 0 heterocycles. The molecule has 0 spiro atoms. The lowest BCUT2D eigenvalue weighted by molar-refractivity contribution is 0.509. The summed E-state index contributed by atoms with van der Waals surface area (Å²) in [7, 11) is 0. The molecule has 4 heteroatoms. The Bertz CT molecular complexity index is 299. The molecule has 0 N–H and O–H groups in total. The van der Waals surface area contributed by atoms with Crippen molar-refractivity contribution in [3.63, 3.8) is 0 Å². The van der Waals surface area contributed by atoms with Crippen molar-refractivity contribution in [2.45, 2.75) is 6.92 Å². The number of halogens is 2. The third-order valence-corrected chi connectivity index (χ3v) is 1.25. The summed E-state index contributed by atoms with van der Waals surface area (Å²) in [6, 6.07) is 2.19. The van der Waals surface area contributed by atoms with Gasteiger partial charge >= 0.3 is 0 Å². The molecule has 1 aromatic carbocycles. The summed E-state index contributed by atoms with van der Waals surface area (Å²) >= 11 is 0. The highest BCUT2D eigenvalue weighted by molar-refractivity contribution is 5.41. The van der Waals surface area contributed by atoms with Gasteiger partial charge in [-0.3, -0.25) is 0 Å². The fourth-order valence-electron chi connectivity index (χ4n) is 0.773. The molecule has 0 saturated heterocycles. The van der Waals surface area contributed by atoms with E-state index >= 15 is 0 Å². The van der Waals surface area contributed by atoms with E-state index in [-0.39, 0.29) is 0 Å². The third-order valence-electron chi connectivity index (χ3n) is 1.25. The third kappa shape index (κ3) is 1.39. The maximum absolute atomic E-state index is 12.5. The molecule has 1 rings (SSSR count). The Labute approximate surface area is 61.8 Å². The fourth-order valence-corrected chi connectivity index (χ4v) is 0.773. The van der Waals surface area contributed by atoms with E-state index in [1.54, 1.807) is 6.92 Å². The Balaban J connectivity index is 3.35. The maximum atomic E-state index is 12.5. The van der Waals surface area contributed by atoms with Gasteiger partial charge in [-0.1, -0.05) is 0 Å². The van der Waals surface area contributed by atoms with Gasteiger partial charge in [-0.25, -0.2) is 8.78 Å². The van der Waals surface area contributed by atoms with Gasteiger partial charge in [-0.15, -0.1) is 4.91 Å². The summed E-state index contributed by atoms with van der Waals surface area (Å²) in [6.07, 6.45) is 0. The second-order valence-corrected chi connectivity index (χ2v) is 2.17. The summed E-state index contributed by atoms with van der Waals surface area (Å²) < 4.78 is 25.0. The molecule has 0 aliphatic rings. The van der Waals surface area contributed by atoms with Crippen LogP contribution in [-0.2, 0) is 0 Å². The quantitative estimate of drug-likeness (QED) is 0.576. The second kappa shape index (κ2) is 2.74. The van der Waals surface area contributed by atoms with E-state index in [1.807, 2.05) is 0 Å². The normalized spacial score (nSPS) is 9.73. The first-order valence-corrected chi connectivity index (χ1v) is 2.94. The van der Waals surface area contributed by atoms with Crippen molar-refractivity contribution in [2.24, 2.45) is 5.18 Å². The molecule has 11 heavy (non-hydrogen) atoms. The van der Waals surface area contributed by atoms with Crippen LogP contribution in [-0.4, -0.2) is 0 Å². The summed E-state index contributed by atoms with van der Waals surface area (Å²) in [6.45, 7) is 1.55. The molecule has 0 aromatic heterocycles. The van der Waals surface area contributed by atoms with Crippen LogP contribution in [0.2, 0.25) is 0 Å². The van der Waals surface area contributed by atoms with Crippen molar-refractivity contribution >= 4 is 5.69 Å². The van der Waals surface area contributed by atoms with Crippen LogP contribution in [0.25, 0.3) is 0 Å². The summed E-state index contributed by atoms with van der Waals surface area (Å²) in [4.78, 5) is 9.88. The average molecular weight is 157 g/mol. The lowest BCUT2D eigenvalue weighted by Crippen LogP contribution is -1.85. The largest absolute Gasteiger partial charge is 0.204 e. The Kier molecular flexibility index (Phi) is 1.94. The lowest BCUT2D eigenvalue weighted by atomic mass is 10.2. The van der Waals surface area contributed by atoms with Crippen LogP contribution in [0.15, 0.2) is 17.3 Å². The van der Waals surface area contributed by atoms with E-state index in [1.165, 1.54) is 6.07 Å². The first-order valence-electron chi connectivity index (χ1n) is 2.94. The topological polar surface area (TPSA) is 29.4 Å². The summed E-state index contributed by atoms with van der Waals surface area (Å²) in [5, 5.41) is 2.33. The first kappa shape index (κ1) is 7.78. The van der Waals surface area contributed by atoms with Crippen LogP contribution in [0.3, 0.4) is 0 Å². The van der Waals surface area contributed by atoms with Gasteiger partial charge in [0, 0.05) is 0 Å². The molecule has 58 valence electrons. The first-order chi connectivity index (χ1) is 5.15. The van der Waals surface area contributed by atoms with Crippen LogP contribution >= 0.6 is 0 Å². The van der Waals surface area contributed by atoms with Gasteiger partial charge in [0.2, 0.25) is 0 Å². The van der Waals surface area contributed by atoms with Crippen molar-refractivity contribution in [3.8, 4) is 0 Å². The smallest absolute Gasteiger partial charge is 0.187 e. The van der Waals surface area contributed by atoms with Crippen molar-refractivity contribution in [2.75, 3.05) is 0 Å². The predicted molar refractivity (Wildman–Crippen MR) is 36.6 cm³/mol.